The SMILES string of the molecule is Brc1ccc(-c2ccc(-c3cccs3)s2)s1.CC1=C(C(=C\C=C\C=C/S)/C=C(\S)c2ccc(Br)s2)C(F)(F)C(F)(F)C1(F)F. The lowest BCUT2D eigenvalue weighted by atomic mass is 9.98. The van der Waals surface area contributed by atoms with E-state index in [1.54, 1.807) is 34.8 Å². The summed E-state index contributed by atoms with van der Waals surface area (Å²) < 4.78 is 86.2. The lowest BCUT2D eigenvalue weighted by Crippen LogP contribution is -2.49. The fourth-order valence-corrected chi connectivity index (χ4v) is 9.06. The second-order valence-electron chi connectivity index (χ2n) is 8.95. The molecule has 232 valence electrons. The molecule has 0 atom stereocenters. The van der Waals surface area contributed by atoms with Gasteiger partial charge in [0.15, 0.2) is 0 Å². The fraction of sp³-hybridized carbons (Fsp3) is 0.133. The molecule has 0 spiro atoms. The average Bonchev–Trinajstić information content (AvgIpc) is 3.78. The van der Waals surface area contributed by atoms with E-state index in [1.165, 1.54) is 58.3 Å². The normalized spacial score (nSPS) is 18.0. The van der Waals surface area contributed by atoms with Crippen LogP contribution in [-0.4, -0.2) is 17.8 Å². The summed E-state index contributed by atoms with van der Waals surface area (Å²) in [5, 5.41) is 3.47. The zero-order chi connectivity index (χ0) is 32.3. The van der Waals surface area contributed by atoms with E-state index in [2.05, 4.69) is 98.9 Å². The van der Waals surface area contributed by atoms with E-state index in [9.17, 15) is 26.3 Å². The van der Waals surface area contributed by atoms with Crippen molar-refractivity contribution >= 4 is 107 Å². The highest BCUT2D eigenvalue weighted by Gasteiger charge is 2.79. The summed E-state index contributed by atoms with van der Waals surface area (Å²) in [6.45, 7) is 0.586. The van der Waals surface area contributed by atoms with Crippen molar-refractivity contribution in [3.8, 4) is 19.5 Å². The predicted octanol–water partition coefficient (Wildman–Crippen LogP) is 13.9. The van der Waals surface area contributed by atoms with Crippen LogP contribution in [0.25, 0.3) is 24.4 Å². The van der Waals surface area contributed by atoms with Crippen LogP contribution in [0, 0.1) is 0 Å². The summed E-state index contributed by atoms with van der Waals surface area (Å²) in [5.41, 5.74) is -3.28. The van der Waals surface area contributed by atoms with Gasteiger partial charge in [-0.2, -0.15) is 39.0 Å². The van der Waals surface area contributed by atoms with Gasteiger partial charge in [0.25, 0.3) is 0 Å². The predicted molar refractivity (Wildman–Crippen MR) is 191 cm³/mol. The molecular formula is C30H20Br2F6S6. The van der Waals surface area contributed by atoms with Crippen molar-refractivity contribution in [2.24, 2.45) is 0 Å². The van der Waals surface area contributed by atoms with Crippen LogP contribution in [0.2, 0.25) is 0 Å². The van der Waals surface area contributed by atoms with Gasteiger partial charge in [-0.15, -0.1) is 58.0 Å². The molecule has 0 unspecified atom stereocenters. The molecular weight excluding hydrogens is 827 g/mol. The minimum absolute atomic E-state index is 0.162. The number of rotatable bonds is 7. The van der Waals surface area contributed by atoms with Gasteiger partial charge in [0.05, 0.1) is 7.57 Å². The van der Waals surface area contributed by atoms with Gasteiger partial charge in [0.1, 0.15) is 0 Å². The Morgan fingerprint density at radius 2 is 1.36 bits per heavy atom. The Balaban J connectivity index is 0.000000231. The van der Waals surface area contributed by atoms with Crippen molar-refractivity contribution in [3.63, 3.8) is 0 Å². The number of allylic oxidation sites excluding steroid dienone is 8. The molecule has 1 aliphatic rings. The molecule has 0 bridgehead atoms. The maximum Gasteiger partial charge on any atom is 0.380 e. The number of alkyl halides is 6. The Morgan fingerprint density at radius 1 is 0.750 bits per heavy atom. The number of hydrogen-bond acceptors (Lipinski definition) is 6. The zero-order valence-corrected chi connectivity index (χ0v) is 30.4. The highest BCUT2D eigenvalue weighted by Crippen LogP contribution is 2.61. The molecule has 4 aromatic heterocycles. The molecule has 0 nitrogen and oxygen atoms in total. The molecule has 0 saturated carbocycles. The first-order valence-electron chi connectivity index (χ1n) is 12.3. The largest absolute Gasteiger partial charge is 0.380 e. The molecule has 4 aromatic rings. The van der Waals surface area contributed by atoms with Crippen LogP contribution < -0.4 is 0 Å². The van der Waals surface area contributed by atoms with Gasteiger partial charge in [-0.3, -0.25) is 0 Å². The smallest absolute Gasteiger partial charge is 0.194 e. The van der Waals surface area contributed by atoms with E-state index in [4.69, 9.17) is 0 Å². The Hall–Kier alpha value is -1.26. The summed E-state index contributed by atoms with van der Waals surface area (Å²) >= 11 is 21.4. The second-order valence-corrected chi connectivity index (χ2v) is 16.7. The molecule has 0 aromatic carbocycles. The number of halogens is 8. The van der Waals surface area contributed by atoms with Gasteiger partial charge >= 0.3 is 17.8 Å². The summed E-state index contributed by atoms with van der Waals surface area (Å²) in [4.78, 5) is 6.09. The van der Waals surface area contributed by atoms with Crippen LogP contribution >= 0.6 is 102 Å². The van der Waals surface area contributed by atoms with Gasteiger partial charge in [-0.05, 0) is 104 Å². The average molecular weight is 847 g/mol. The standard InChI is InChI=1S/C18H13BrF6S3.C12H7BrS3/c1-10-15(17(22,23)18(24,25)16(10,20)21)11(5-3-2-4-8-26)9-12(27)13-6-7-14(19)28-13;13-12-6-5-11(16-12)10-4-3-9(15-10)8-2-1-7-14-8/h2-9,26-27H,1H3;1-7H/b3-2+,8-4-,11-5-,12-9-;. The Morgan fingerprint density at radius 3 is 1.89 bits per heavy atom. The lowest BCUT2D eigenvalue weighted by Gasteiger charge is -2.25. The molecule has 1 aliphatic carbocycles. The Labute approximate surface area is 294 Å². The van der Waals surface area contributed by atoms with Gasteiger partial charge in [0, 0.05) is 40.4 Å². The van der Waals surface area contributed by atoms with Crippen molar-refractivity contribution in [2.45, 2.75) is 24.7 Å². The number of hydrogen-bond donors (Lipinski definition) is 2. The third-order valence-electron chi connectivity index (χ3n) is 6.13. The summed E-state index contributed by atoms with van der Waals surface area (Å²) in [6.07, 6.45) is 6.21. The topological polar surface area (TPSA) is 0 Å². The van der Waals surface area contributed by atoms with E-state index in [0.29, 0.717) is 11.8 Å². The molecule has 5 rings (SSSR count). The van der Waals surface area contributed by atoms with E-state index in [-0.39, 0.29) is 4.91 Å². The first-order valence-corrected chi connectivity index (χ1v) is 18.2. The highest BCUT2D eigenvalue weighted by atomic mass is 79.9. The molecule has 14 heteroatoms. The maximum atomic E-state index is 14.4. The van der Waals surface area contributed by atoms with Crippen molar-refractivity contribution < 1.29 is 26.3 Å². The molecule has 0 saturated heterocycles. The molecule has 0 N–H and O–H groups in total. The quantitative estimate of drug-likeness (QED) is 0.103. The van der Waals surface area contributed by atoms with Crippen molar-refractivity contribution in [1.82, 2.24) is 0 Å². The van der Waals surface area contributed by atoms with Crippen LogP contribution in [-0.2, 0) is 0 Å². The van der Waals surface area contributed by atoms with Crippen LogP contribution in [0.5, 0.6) is 0 Å². The fourth-order valence-electron chi connectivity index (χ4n) is 4.00. The Kier molecular flexibility index (Phi) is 11.9. The maximum absolute atomic E-state index is 14.4. The highest BCUT2D eigenvalue weighted by molar-refractivity contribution is 9.11. The zero-order valence-electron chi connectivity index (χ0n) is 22.2. The van der Waals surface area contributed by atoms with Crippen LogP contribution in [0.1, 0.15) is 11.8 Å². The number of thiophene rings is 4. The van der Waals surface area contributed by atoms with Gasteiger partial charge in [-0.25, -0.2) is 0 Å². The minimum Gasteiger partial charge on any atom is -0.194 e. The molecule has 44 heavy (non-hydrogen) atoms. The van der Waals surface area contributed by atoms with Crippen molar-refractivity contribution in [1.29, 1.82) is 0 Å². The molecule has 0 amide bonds. The molecule has 4 heterocycles. The van der Waals surface area contributed by atoms with Crippen molar-refractivity contribution in [2.75, 3.05) is 0 Å². The molecule has 0 aliphatic heterocycles. The van der Waals surface area contributed by atoms with Gasteiger partial charge in [-0.1, -0.05) is 30.4 Å². The summed E-state index contributed by atoms with van der Waals surface area (Å²) in [7, 11) is 0. The Bertz CT molecular complexity index is 1750. The van der Waals surface area contributed by atoms with Gasteiger partial charge < -0.3 is 0 Å². The number of thiol groups is 2. The molecule has 0 radical (unpaired) electrons. The summed E-state index contributed by atoms with van der Waals surface area (Å²) in [5.74, 6) is -15.6. The van der Waals surface area contributed by atoms with Gasteiger partial charge in [0.2, 0.25) is 0 Å². The van der Waals surface area contributed by atoms with Crippen molar-refractivity contribution in [3.05, 3.63) is 119 Å². The van der Waals surface area contributed by atoms with Crippen LogP contribution in [0.4, 0.5) is 26.3 Å². The lowest BCUT2D eigenvalue weighted by molar-refractivity contribution is -0.264. The minimum atomic E-state index is -5.54. The van der Waals surface area contributed by atoms with E-state index < -0.39 is 34.5 Å². The second kappa shape index (κ2) is 14.7. The van der Waals surface area contributed by atoms with Crippen LogP contribution in [0.15, 0.2) is 114 Å². The van der Waals surface area contributed by atoms with E-state index >= 15 is 0 Å². The third kappa shape index (κ3) is 7.48. The first-order chi connectivity index (χ1) is 20.7. The third-order valence-corrected chi connectivity index (χ3v) is 12.4. The summed E-state index contributed by atoms with van der Waals surface area (Å²) in [6, 6.07) is 16.3. The van der Waals surface area contributed by atoms with Crippen LogP contribution in [0.3, 0.4) is 0 Å². The first kappa shape index (κ1) is 35.6. The molecule has 0 fully saturated rings. The van der Waals surface area contributed by atoms with E-state index in [1.807, 2.05) is 11.3 Å². The van der Waals surface area contributed by atoms with E-state index in [0.717, 1.165) is 15.9 Å². The monoisotopic (exact) mass is 844 g/mol.